The Kier molecular flexibility index (Phi) is 4.07. The van der Waals surface area contributed by atoms with Gasteiger partial charge in [-0.05, 0) is 20.3 Å². The molecule has 43 valence electrons. The summed E-state index contributed by atoms with van der Waals surface area (Å²) in [7, 11) is 0. The number of allylic oxidation sites excluding steroid dienone is 2. The molecule has 0 aliphatic rings. The molecule has 8 heavy (non-hydrogen) atoms. The highest BCUT2D eigenvalue weighted by molar-refractivity contribution is 5.07. The normalized spacial score (nSPS) is 10.9. The zero-order valence-electron chi connectivity index (χ0n) is 5.28. The van der Waals surface area contributed by atoms with Gasteiger partial charge in [-0.2, -0.15) is 0 Å². The molecule has 0 aromatic carbocycles. The Morgan fingerprint density at radius 3 is 2.88 bits per heavy atom. The SMILES string of the molecule is C#CCC(C)=CC[CH2]. The van der Waals surface area contributed by atoms with Gasteiger partial charge in [0, 0.05) is 6.42 Å². The Morgan fingerprint density at radius 2 is 2.50 bits per heavy atom. The quantitative estimate of drug-likeness (QED) is 0.375. The second-order valence-electron chi connectivity index (χ2n) is 1.72. The molecule has 0 rings (SSSR count). The van der Waals surface area contributed by atoms with Crippen molar-refractivity contribution in [3.05, 3.63) is 18.6 Å². The summed E-state index contributed by atoms with van der Waals surface area (Å²) in [4.78, 5) is 0. The van der Waals surface area contributed by atoms with Crippen molar-refractivity contribution in [2.24, 2.45) is 0 Å². The Morgan fingerprint density at radius 1 is 1.88 bits per heavy atom. The molecule has 0 heterocycles. The molecule has 0 aromatic heterocycles. The van der Waals surface area contributed by atoms with Crippen molar-refractivity contribution in [3.63, 3.8) is 0 Å². The minimum absolute atomic E-state index is 0.759. The molecular weight excluding hydrogens is 96.1 g/mol. The summed E-state index contributed by atoms with van der Waals surface area (Å²) in [5, 5.41) is 0. The van der Waals surface area contributed by atoms with Crippen LogP contribution in [0.15, 0.2) is 11.6 Å². The summed E-state index contributed by atoms with van der Waals surface area (Å²) in [6.07, 6.45) is 8.69. The van der Waals surface area contributed by atoms with Crippen LogP contribution in [0, 0.1) is 19.3 Å². The lowest BCUT2D eigenvalue weighted by Gasteiger charge is -1.88. The van der Waals surface area contributed by atoms with E-state index in [1.54, 1.807) is 0 Å². The van der Waals surface area contributed by atoms with Crippen molar-refractivity contribution in [1.29, 1.82) is 0 Å². The fourth-order valence-corrected chi connectivity index (χ4v) is 0.480. The van der Waals surface area contributed by atoms with E-state index in [4.69, 9.17) is 6.42 Å². The number of hydrogen-bond donors (Lipinski definition) is 0. The molecule has 0 N–H and O–H groups in total. The fraction of sp³-hybridized carbons (Fsp3) is 0.375. The fourth-order valence-electron chi connectivity index (χ4n) is 0.480. The molecule has 0 aliphatic carbocycles. The summed E-state index contributed by atoms with van der Waals surface area (Å²) in [5.74, 6) is 2.56. The molecule has 0 spiro atoms. The molecule has 0 aliphatic heterocycles. The van der Waals surface area contributed by atoms with E-state index < -0.39 is 0 Å². The van der Waals surface area contributed by atoms with Crippen LogP contribution in [0.4, 0.5) is 0 Å². The second-order valence-corrected chi connectivity index (χ2v) is 1.72. The van der Waals surface area contributed by atoms with E-state index in [0.717, 1.165) is 12.8 Å². The van der Waals surface area contributed by atoms with Crippen molar-refractivity contribution in [2.75, 3.05) is 0 Å². The first-order valence-electron chi connectivity index (χ1n) is 2.69. The highest BCUT2D eigenvalue weighted by Gasteiger charge is 1.79. The second kappa shape index (κ2) is 4.46. The topological polar surface area (TPSA) is 0 Å². The summed E-state index contributed by atoms with van der Waals surface area (Å²) >= 11 is 0. The molecule has 0 bridgehead atoms. The summed E-state index contributed by atoms with van der Waals surface area (Å²) in [5.41, 5.74) is 1.24. The van der Waals surface area contributed by atoms with E-state index in [-0.39, 0.29) is 0 Å². The number of hydrogen-bond acceptors (Lipinski definition) is 0. The third kappa shape index (κ3) is 3.49. The van der Waals surface area contributed by atoms with Crippen LogP contribution in [0.25, 0.3) is 0 Å². The monoisotopic (exact) mass is 107 g/mol. The molecule has 0 nitrogen and oxygen atoms in total. The Bertz CT molecular complexity index is 112. The molecule has 0 saturated carbocycles. The average Bonchev–Trinajstić information content (AvgIpc) is 1.68. The number of terminal acetylenes is 1. The van der Waals surface area contributed by atoms with Crippen LogP contribution in [-0.2, 0) is 0 Å². The maximum Gasteiger partial charge on any atom is 0.0293 e. The molecule has 0 amide bonds. The van der Waals surface area contributed by atoms with Gasteiger partial charge >= 0.3 is 0 Å². The smallest absolute Gasteiger partial charge is 0.0293 e. The predicted molar refractivity (Wildman–Crippen MR) is 37.2 cm³/mol. The van der Waals surface area contributed by atoms with E-state index in [0.29, 0.717) is 0 Å². The average molecular weight is 107 g/mol. The van der Waals surface area contributed by atoms with E-state index in [1.807, 2.05) is 13.0 Å². The van der Waals surface area contributed by atoms with Crippen LogP contribution >= 0.6 is 0 Å². The summed E-state index contributed by atoms with van der Waals surface area (Å²) in [6.45, 7) is 5.68. The Labute approximate surface area is 51.6 Å². The molecular formula is C8H11. The van der Waals surface area contributed by atoms with Gasteiger partial charge in [-0.1, -0.05) is 11.6 Å². The van der Waals surface area contributed by atoms with Gasteiger partial charge in [0.15, 0.2) is 0 Å². The van der Waals surface area contributed by atoms with Crippen molar-refractivity contribution in [1.82, 2.24) is 0 Å². The first-order chi connectivity index (χ1) is 3.81. The van der Waals surface area contributed by atoms with E-state index >= 15 is 0 Å². The van der Waals surface area contributed by atoms with Crippen molar-refractivity contribution in [3.8, 4) is 12.3 Å². The largest absolute Gasteiger partial charge is 0.120 e. The van der Waals surface area contributed by atoms with Gasteiger partial charge in [0.1, 0.15) is 0 Å². The van der Waals surface area contributed by atoms with Crippen molar-refractivity contribution < 1.29 is 0 Å². The van der Waals surface area contributed by atoms with Crippen molar-refractivity contribution >= 4 is 0 Å². The van der Waals surface area contributed by atoms with Crippen LogP contribution < -0.4 is 0 Å². The summed E-state index contributed by atoms with van der Waals surface area (Å²) in [6, 6.07) is 0. The van der Waals surface area contributed by atoms with Gasteiger partial charge in [0.25, 0.3) is 0 Å². The predicted octanol–water partition coefficient (Wildman–Crippen LogP) is 2.18. The van der Waals surface area contributed by atoms with Gasteiger partial charge in [0.2, 0.25) is 0 Å². The maximum atomic E-state index is 5.05. The van der Waals surface area contributed by atoms with Crippen LogP contribution in [-0.4, -0.2) is 0 Å². The third-order valence-corrected chi connectivity index (χ3v) is 0.874. The third-order valence-electron chi connectivity index (χ3n) is 0.874. The lowest BCUT2D eigenvalue weighted by atomic mass is 10.2. The molecule has 0 atom stereocenters. The standard InChI is InChI=1S/C8H11/c1-4-6-8(3)7-5-2/h1,7H,2,5-6H2,3H3. The van der Waals surface area contributed by atoms with Crippen molar-refractivity contribution in [2.45, 2.75) is 19.8 Å². The van der Waals surface area contributed by atoms with Crippen LogP contribution in [0.2, 0.25) is 0 Å². The van der Waals surface area contributed by atoms with Crippen LogP contribution in [0.3, 0.4) is 0 Å². The summed E-state index contributed by atoms with van der Waals surface area (Å²) < 4.78 is 0. The zero-order chi connectivity index (χ0) is 6.41. The lowest BCUT2D eigenvalue weighted by molar-refractivity contribution is 1.20. The Balaban J connectivity index is 3.49. The van der Waals surface area contributed by atoms with Gasteiger partial charge in [0.05, 0.1) is 0 Å². The first kappa shape index (κ1) is 7.30. The van der Waals surface area contributed by atoms with E-state index in [2.05, 4.69) is 12.8 Å². The lowest BCUT2D eigenvalue weighted by Crippen LogP contribution is -1.70. The number of rotatable bonds is 2. The molecule has 1 radical (unpaired) electrons. The van der Waals surface area contributed by atoms with Gasteiger partial charge in [-0.3, -0.25) is 0 Å². The van der Waals surface area contributed by atoms with Gasteiger partial charge < -0.3 is 0 Å². The van der Waals surface area contributed by atoms with Crippen LogP contribution in [0.5, 0.6) is 0 Å². The van der Waals surface area contributed by atoms with Crippen LogP contribution in [0.1, 0.15) is 19.8 Å². The minimum atomic E-state index is 0.759. The first-order valence-corrected chi connectivity index (χ1v) is 2.69. The molecule has 0 heteroatoms. The minimum Gasteiger partial charge on any atom is -0.120 e. The maximum absolute atomic E-state index is 5.05. The van der Waals surface area contributed by atoms with Gasteiger partial charge in [-0.25, -0.2) is 0 Å². The van der Waals surface area contributed by atoms with Gasteiger partial charge in [-0.15, -0.1) is 12.3 Å². The molecule has 0 unspecified atom stereocenters. The van der Waals surface area contributed by atoms with E-state index in [9.17, 15) is 0 Å². The molecule has 0 saturated heterocycles. The highest BCUT2D eigenvalue weighted by atomic mass is 13.8. The molecule has 0 aromatic rings. The zero-order valence-corrected chi connectivity index (χ0v) is 5.28. The Hall–Kier alpha value is -0.700. The molecule has 0 fully saturated rings. The highest BCUT2D eigenvalue weighted by Crippen LogP contribution is 1.97. The van der Waals surface area contributed by atoms with E-state index in [1.165, 1.54) is 5.57 Å².